The van der Waals surface area contributed by atoms with Gasteiger partial charge in [-0.2, -0.15) is 13.2 Å². The maximum Gasteiger partial charge on any atom is 0.390 e. The molecule has 0 heterocycles. The average molecular weight is 358 g/mol. The van der Waals surface area contributed by atoms with Crippen molar-refractivity contribution in [1.29, 1.82) is 0 Å². The summed E-state index contributed by atoms with van der Waals surface area (Å²) in [5, 5.41) is 8.39. The number of hydrogen-bond donors (Lipinski definition) is 3. The monoisotopic (exact) mass is 358 g/mol. The molecule has 0 aliphatic carbocycles. The molecule has 1 rings (SSSR count). The van der Waals surface area contributed by atoms with Crippen LogP contribution < -0.4 is 16.0 Å². The summed E-state index contributed by atoms with van der Waals surface area (Å²) in [7, 11) is 1.49. The van der Waals surface area contributed by atoms with Crippen LogP contribution in [-0.4, -0.2) is 31.6 Å². The second kappa shape index (κ2) is 9.90. The highest BCUT2D eigenvalue weighted by molar-refractivity contribution is 5.90. The molecule has 5 nitrogen and oxygen atoms in total. The van der Waals surface area contributed by atoms with Crippen molar-refractivity contribution in [3.8, 4) is 0 Å². The van der Waals surface area contributed by atoms with Crippen LogP contribution in [0.5, 0.6) is 0 Å². The van der Waals surface area contributed by atoms with Crippen molar-refractivity contribution < 1.29 is 18.0 Å². The molecular formula is C17H25F3N4O. The summed E-state index contributed by atoms with van der Waals surface area (Å²) in [6, 6.07) is 7.27. The molecule has 25 heavy (non-hydrogen) atoms. The molecule has 0 spiro atoms. The van der Waals surface area contributed by atoms with Crippen molar-refractivity contribution in [3.05, 3.63) is 29.8 Å². The molecule has 3 N–H and O–H groups in total. The first-order chi connectivity index (χ1) is 11.7. The Morgan fingerprint density at radius 3 is 2.56 bits per heavy atom. The molecule has 0 atom stereocenters. The number of nitrogens with zero attached hydrogens (tertiary/aromatic N) is 1. The van der Waals surface area contributed by atoms with Crippen LogP contribution in [0, 0.1) is 5.92 Å². The Hall–Kier alpha value is -2.25. The van der Waals surface area contributed by atoms with Gasteiger partial charge in [-0.25, -0.2) is 0 Å². The number of aliphatic imine (C=N–C) groups is 1. The normalized spacial score (nSPS) is 12.2. The zero-order valence-corrected chi connectivity index (χ0v) is 14.7. The molecular weight excluding hydrogens is 333 g/mol. The molecule has 140 valence electrons. The van der Waals surface area contributed by atoms with Gasteiger partial charge in [0.15, 0.2) is 5.96 Å². The molecule has 0 aliphatic heterocycles. The molecule has 0 bridgehead atoms. The zero-order chi connectivity index (χ0) is 18.9. The first-order valence-electron chi connectivity index (χ1n) is 8.09. The van der Waals surface area contributed by atoms with Crippen molar-refractivity contribution in [2.45, 2.75) is 39.4 Å². The van der Waals surface area contributed by atoms with Crippen LogP contribution in [0.2, 0.25) is 0 Å². The van der Waals surface area contributed by atoms with Gasteiger partial charge in [0.1, 0.15) is 0 Å². The number of guanidine groups is 1. The van der Waals surface area contributed by atoms with E-state index in [0.717, 1.165) is 5.56 Å². The first kappa shape index (κ1) is 20.8. The van der Waals surface area contributed by atoms with Gasteiger partial charge in [-0.15, -0.1) is 0 Å². The van der Waals surface area contributed by atoms with Crippen LogP contribution in [0.4, 0.5) is 18.9 Å². The van der Waals surface area contributed by atoms with Gasteiger partial charge in [-0.3, -0.25) is 9.79 Å². The number of amides is 1. The van der Waals surface area contributed by atoms with E-state index in [-0.39, 0.29) is 18.4 Å². The Labute approximate surface area is 146 Å². The number of rotatable bonds is 7. The van der Waals surface area contributed by atoms with E-state index in [4.69, 9.17) is 0 Å². The molecule has 1 aromatic rings. The Morgan fingerprint density at radius 1 is 1.24 bits per heavy atom. The second-order valence-corrected chi connectivity index (χ2v) is 6.06. The Balaban J connectivity index is 2.50. The number of benzene rings is 1. The van der Waals surface area contributed by atoms with Crippen molar-refractivity contribution in [2.75, 3.05) is 18.9 Å². The van der Waals surface area contributed by atoms with E-state index < -0.39 is 12.6 Å². The minimum absolute atomic E-state index is 0.0512. The first-order valence-corrected chi connectivity index (χ1v) is 8.09. The van der Waals surface area contributed by atoms with Crippen LogP contribution in [0.3, 0.4) is 0 Å². The van der Waals surface area contributed by atoms with E-state index in [1.165, 1.54) is 7.05 Å². The van der Waals surface area contributed by atoms with Gasteiger partial charge in [-0.1, -0.05) is 26.0 Å². The average Bonchev–Trinajstić information content (AvgIpc) is 2.49. The topological polar surface area (TPSA) is 65.5 Å². The van der Waals surface area contributed by atoms with E-state index in [1.54, 1.807) is 6.07 Å². The molecule has 8 heteroatoms. The fourth-order valence-corrected chi connectivity index (χ4v) is 2.07. The lowest BCUT2D eigenvalue weighted by atomic mass is 10.1. The van der Waals surface area contributed by atoms with Crippen LogP contribution in [-0.2, 0) is 11.3 Å². The molecule has 0 unspecified atom stereocenters. The number of alkyl halides is 3. The summed E-state index contributed by atoms with van der Waals surface area (Å²) in [6.45, 7) is 4.07. The lowest BCUT2D eigenvalue weighted by Crippen LogP contribution is -2.38. The van der Waals surface area contributed by atoms with Crippen molar-refractivity contribution in [2.24, 2.45) is 10.9 Å². The number of anilines is 1. The van der Waals surface area contributed by atoms with Gasteiger partial charge in [0.2, 0.25) is 5.91 Å². The molecule has 0 radical (unpaired) electrons. The molecule has 0 saturated heterocycles. The highest BCUT2D eigenvalue weighted by Crippen LogP contribution is 2.18. The quantitative estimate of drug-likeness (QED) is 0.518. The minimum atomic E-state index is -4.20. The van der Waals surface area contributed by atoms with Crippen LogP contribution in [0.15, 0.2) is 29.3 Å². The van der Waals surface area contributed by atoms with E-state index in [2.05, 4.69) is 20.9 Å². The van der Waals surface area contributed by atoms with E-state index in [9.17, 15) is 18.0 Å². The van der Waals surface area contributed by atoms with E-state index in [1.807, 2.05) is 32.0 Å². The second-order valence-electron chi connectivity index (χ2n) is 6.06. The number of nitrogens with one attached hydrogen (secondary N) is 3. The van der Waals surface area contributed by atoms with E-state index in [0.29, 0.717) is 24.6 Å². The maximum absolute atomic E-state index is 12.2. The summed E-state index contributed by atoms with van der Waals surface area (Å²) < 4.78 is 36.5. The van der Waals surface area contributed by atoms with Crippen LogP contribution in [0.25, 0.3) is 0 Å². The molecule has 1 aromatic carbocycles. The van der Waals surface area contributed by atoms with Gasteiger partial charge >= 0.3 is 6.18 Å². The maximum atomic E-state index is 12.2. The smallest absolute Gasteiger partial charge is 0.356 e. The van der Waals surface area contributed by atoms with Gasteiger partial charge < -0.3 is 16.0 Å². The predicted molar refractivity (Wildman–Crippen MR) is 93.4 cm³/mol. The Morgan fingerprint density at radius 2 is 1.96 bits per heavy atom. The number of halogens is 3. The summed E-state index contributed by atoms with van der Waals surface area (Å²) in [5.74, 6) is 0.513. The molecule has 0 aliphatic rings. The standard InChI is InChI=1S/C17H25F3N4O/c1-12(2)9-15(25)24-14-6-4-5-13(10-14)11-23-16(21-3)22-8-7-17(18,19)20/h4-6,10,12H,7-9,11H2,1-3H3,(H,24,25)(H2,21,22,23). The molecule has 0 saturated carbocycles. The Kier molecular flexibility index (Phi) is 8.24. The third-order valence-electron chi connectivity index (χ3n) is 3.19. The summed E-state index contributed by atoms with van der Waals surface area (Å²) >= 11 is 0. The van der Waals surface area contributed by atoms with Crippen molar-refractivity contribution >= 4 is 17.6 Å². The van der Waals surface area contributed by atoms with Gasteiger partial charge in [0.05, 0.1) is 6.42 Å². The van der Waals surface area contributed by atoms with Gasteiger partial charge in [-0.05, 0) is 23.6 Å². The fraction of sp³-hybridized carbons (Fsp3) is 0.529. The summed E-state index contributed by atoms with van der Waals surface area (Å²) in [4.78, 5) is 15.7. The fourth-order valence-electron chi connectivity index (χ4n) is 2.07. The van der Waals surface area contributed by atoms with Crippen molar-refractivity contribution in [3.63, 3.8) is 0 Å². The highest BCUT2D eigenvalue weighted by atomic mass is 19.4. The van der Waals surface area contributed by atoms with Crippen molar-refractivity contribution in [1.82, 2.24) is 10.6 Å². The lowest BCUT2D eigenvalue weighted by molar-refractivity contribution is -0.132. The SMILES string of the molecule is CN=C(NCCC(F)(F)F)NCc1cccc(NC(=O)CC(C)C)c1. The van der Waals surface area contributed by atoms with Gasteiger partial charge in [0, 0.05) is 32.2 Å². The zero-order valence-electron chi connectivity index (χ0n) is 14.7. The van der Waals surface area contributed by atoms with Crippen LogP contribution in [0.1, 0.15) is 32.3 Å². The number of hydrogen-bond acceptors (Lipinski definition) is 2. The minimum Gasteiger partial charge on any atom is -0.356 e. The number of carbonyl (C=O) groups is 1. The predicted octanol–water partition coefficient (Wildman–Crippen LogP) is 3.29. The Bertz CT molecular complexity index is 586. The van der Waals surface area contributed by atoms with Crippen LogP contribution >= 0.6 is 0 Å². The highest BCUT2D eigenvalue weighted by Gasteiger charge is 2.26. The molecule has 0 aromatic heterocycles. The number of carbonyl (C=O) groups excluding carboxylic acids is 1. The largest absolute Gasteiger partial charge is 0.390 e. The summed E-state index contributed by atoms with van der Waals surface area (Å²) in [6.07, 6.45) is -4.68. The summed E-state index contributed by atoms with van der Waals surface area (Å²) in [5.41, 5.74) is 1.56. The molecule has 1 amide bonds. The third kappa shape index (κ3) is 9.59. The third-order valence-corrected chi connectivity index (χ3v) is 3.19. The van der Waals surface area contributed by atoms with E-state index >= 15 is 0 Å². The molecule has 0 fully saturated rings. The van der Waals surface area contributed by atoms with Gasteiger partial charge in [0.25, 0.3) is 0 Å². The lowest BCUT2D eigenvalue weighted by Gasteiger charge is -2.13.